The topological polar surface area (TPSA) is 74.9 Å². The van der Waals surface area contributed by atoms with Gasteiger partial charge in [-0.05, 0) is 48.6 Å². The van der Waals surface area contributed by atoms with Gasteiger partial charge in [0.25, 0.3) is 5.91 Å². The minimum Gasteiger partial charge on any atom is -0.493 e. The summed E-state index contributed by atoms with van der Waals surface area (Å²) in [4.78, 5) is 31.7. The number of carbonyl (C=O) groups excluding carboxylic acids is 2. The molecule has 9 heteroatoms. The number of hydrogen-bond acceptors (Lipinski definition) is 6. The number of imide groups is 1. The first-order valence-electron chi connectivity index (χ1n) is 9.36. The lowest BCUT2D eigenvalue weighted by Gasteiger charge is -2.16. The van der Waals surface area contributed by atoms with Crippen LogP contribution in [0.5, 0.6) is 5.88 Å². The van der Waals surface area contributed by atoms with Crippen molar-refractivity contribution in [3.8, 4) is 5.88 Å². The molecule has 154 valence electrons. The van der Waals surface area contributed by atoms with Gasteiger partial charge in [-0.25, -0.2) is 4.90 Å². The van der Waals surface area contributed by atoms with Crippen LogP contribution in [0.4, 0.5) is 11.4 Å². The first-order valence-corrected chi connectivity index (χ1v) is 11.0. The standard InChI is InChI=1S/C22H14ClN3O3S2/c23-13-5-7-14(8-6-13)25-19(27)10-17(20(25)28)26-21(29)18(31-22(26)30)9-12-11-24-16-4-2-1-3-15(12)16/h1-9,11,17,29H,10H2/t17-/m1/s1. The Bertz CT molecular complexity index is 1360. The lowest BCUT2D eigenvalue weighted by molar-refractivity contribution is -0.122. The molecule has 5 rings (SSSR count). The summed E-state index contributed by atoms with van der Waals surface area (Å²) in [6.07, 6.45) is 3.43. The molecular weight excluding hydrogens is 454 g/mol. The zero-order valence-electron chi connectivity index (χ0n) is 15.9. The maximum absolute atomic E-state index is 13.1. The van der Waals surface area contributed by atoms with E-state index in [4.69, 9.17) is 23.8 Å². The van der Waals surface area contributed by atoms with Crippen LogP contribution in [0.2, 0.25) is 5.02 Å². The van der Waals surface area contributed by atoms with Gasteiger partial charge in [0.05, 0.1) is 22.7 Å². The summed E-state index contributed by atoms with van der Waals surface area (Å²) in [5, 5.41) is 11.4. The maximum atomic E-state index is 13.1. The zero-order chi connectivity index (χ0) is 21.7. The van der Waals surface area contributed by atoms with Crippen LogP contribution in [0.15, 0.2) is 53.5 Å². The van der Waals surface area contributed by atoms with Crippen LogP contribution in [0.3, 0.4) is 0 Å². The molecular formula is C22H14ClN3O3S2. The predicted molar refractivity (Wildman–Crippen MR) is 125 cm³/mol. The number of rotatable bonds is 3. The summed E-state index contributed by atoms with van der Waals surface area (Å²) in [7, 11) is 0. The number of aromatic hydroxyl groups is 1. The van der Waals surface area contributed by atoms with Crippen molar-refractivity contribution < 1.29 is 14.7 Å². The third-order valence-corrected chi connectivity index (χ3v) is 6.80. The molecule has 2 aliphatic heterocycles. The lowest BCUT2D eigenvalue weighted by Crippen LogP contribution is -2.31. The van der Waals surface area contributed by atoms with E-state index >= 15 is 0 Å². The van der Waals surface area contributed by atoms with E-state index in [2.05, 4.69) is 4.99 Å². The van der Waals surface area contributed by atoms with Crippen LogP contribution < -0.4 is 4.90 Å². The number of benzene rings is 2. The summed E-state index contributed by atoms with van der Waals surface area (Å²) >= 11 is 12.5. The minimum absolute atomic E-state index is 0.0830. The van der Waals surface area contributed by atoms with Crippen LogP contribution in [0.25, 0.3) is 11.6 Å². The van der Waals surface area contributed by atoms with Gasteiger partial charge < -0.3 is 5.11 Å². The maximum Gasteiger partial charge on any atom is 0.257 e. The quantitative estimate of drug-likeness (QED) is 0.413. The number of halogens is 1. The average molecular weight is 468 g/mol. The SMILES string of the molecule is O=C1C[C@@H](n2c(O)c(C=C3C=Nc4ccccc43)sc2=S)C(=O)N1c1ccc(Cl)cc1. The Labute approximate surface area is 191 Å². The van der Waals surface area contributed by atoms with Gasteiger partial charge in [-0.15, -0.1) is 11.3 Å². The Balaban J connectivity index is 1.51. The summed E-state index contributed by atoms with van der Waals surface area (Å²) in [6, 6.07) is 13.2. The lowest BCUT2D eigenvalue weighted by atomic mass is 10.1. The second kappa shape index (κ2) is 7.56. The van der Waals surface area contributed by atoms with Crippen molar-refractivity contribution in [3.63, 3.8) is 0 Å². The van der Waals surface area contributed by atoms with E-state index in [1.165, 1.54) is 15.9 Å². The summed E-state index contributed by atoms with van der Waals surface area (Å²) < 4.78 is 1.68. The Morgan fingerprint density at radius 2 is 1.90 bits per heavy atom. The number of nitrogens with zero attached hydrogens (tertiary/aromatic N) is 3. The van der Waals surface area contributed by atoms with Gasteiger partial charge in [-0.3, -0.25) is 19.1 Å². The van der Waals surface area contributed by atoms with E-state index in [0.717, 1.165) is 21.7 Å². The Morgan fingerprint density at radius 3 is 2.68 bits per heavy atom. The number of aliphatic imine (C=N–C) groups is 1. The Morgan fingerprint density at radius 1 is 1.16 bits per heavy atom. The number of anilines is 1. The van der Waals surface area contributed by atoms with Crippen LogP contribution >= 0.6 is 35.2 Å². The number of aromatic nitrogens is 1. The molecule has 2 amide bonds. The molecule has 1 atom stereocenters. The van der Waals surface area contributed by atoms with Gasteiger partial charge >= 0.3 is 0 Å². The first kappa shape index (κ1) is 19.9. The summed E-state index contributed by atoms with van der Waals surface area (Å²) in [5.41, 5.74) is 3.08. The molecule has 2 aromatic carbocycles. The van der Waals surface area contributed by atoms with E-state index in [1.807, 2.05) is 24.3 Å². The van der Waals surface area contributed by atoms with E-state index in [-0.39, 0.29) is 18.2 Å². The Kier molecular flexibility index (Phi) is 4.85. The van der Waals surface area contributed by atoms with Crippen LogP contribution in [-0.2, 0) is 9.59 Å². The van der Waals surface area contributed by atoms with Gasteiger partial charge in [0, 0.05) is 22.4 Å². The van der Waals surface area contributed by atoms with Crippen molar-refractivity contribution in [1.82, 2.24) is 4.57 Å². The third kappa shape index (κ3) is 3.33. The number of para-hydroxylation sites is 1. The molecule has 3 aromatic rings. The molecule has 1 N–H and O–H groups in total. The van der Waals surface area contributed by atoms with Crippen molar-refractivity contribution in [1.29, 1.82) is 0 Å². The van der Waals surface area contributed by atoms with E-state index in [0.29, 0.717) is 19.5 Å². The molecule has 1 aromatic heterocycles. The third-order valence-electron chi connectivity index (χ3n) is 5.21. The van der Waals surface area contributed by atoms with Gasteiger partial charge in [0.1, 0.15) is 6.04 Å². The molecule has 31 heavy (non-hydrogen) atoms. The van der Waals surface area contributed by atoms with Crippen LogP contribution in [-0.4, -0.2) is 27.7 Å². The highest BCUT2D eigenvalue weighted by Crippen LogP contribution is 2.39. The number of carbonyl (C=O) groups is 2. The number of thiazole rings is 1. The smallest absolute Gasteiger partial charge is 0.257 e. The van der Waals surface area contributed by atoms with Crippen LogP contribution in [0, 0.1) is 3.95 Å². The molecule has 0 saturated carbocycles. The first-order chi connectivity index (χ1) is 14.9. The molecule has 0 bridgehead atoms. The number of fused-ring (bicyclic) bond motifs is 1. The number of hydrogen-bond donors (Lipinski definition) is 1. The van der Waals surface area contributed by atoms with Gasteiger partial charge in [0.15, 0.2) is 3.95 Å². The van der Waals surface area contributed by atoms with Crippen molar-refractivity contribution >= 4 is 76.2 Å². The largest absolute Gasteiger partial charge is 0.493 e. The van der Waals surface area contributed by atoms with Crippen LogP contribution in [0.1, 0.15) is 22.9 Å². The second-order valence-corrected chi connectivity index (χ2v) is 9.18. The molecule has 0 unspecified atom stereocenters. The fraction of sp³-hybridized carbons (Fsp3) is 0.0909. The van der Waals surface area contributed by atoms with E-state index < -0.39 is 11.9 Å². The number of amides is 2. The monoisotopic (exact) mass is 467 g/mol. The van der Waals surface area contributed by atoms with Gasteiger partial charge in [-0.1, -0.05) is 29.8 Å². The zero-order valence-corrected chi connectivity index (χ0v) is 18.2. The van der Waals surface area contributed by atoms with E-state index in [9.17, 15) is 14.7 Å². The number of allylic oxidation sites excluding steroid dienone is 1. The highest BCUT2D eigenvalue weighted by Gasteiger charge is 2.42. The average Bonchev–Trinajstić information content (AvgIpc) is 3.38. The Hall–Kier alpha value is -3.07. The molecule has 0 radical (unpaired) electrons. The second-order valence-electron chi connectivity index (χ2n) is 7.06. The van der Waals surface area contributed by atoms with Crippen molar-refractivity contribution in [2.45, 2.75) is 12.5 Å². The normalized spacial score (nSPS) is 18.9. The molecule has 3 heterocycles. The van der Waals surface area contributed by atoms with Crippen molar-refractivity contribution in [2.24, 2.45) is 4.99 Å². The molecule has 0 spiro atoms. The molecule has 2 aliphatic rings. The van der Waals surface area contributed by atoms with E-state index in [1.54, 1.807) is 36.6 Å². The van der Waals surface area contributed by atoms with Crippen molar-refractivity contribution in [3.05, 3.63) is 67.9 Å². The molecule has 6 nitrogen and oxygen atoms in total. The fourth-order valence-electron chi connectivity index (χ4n) is 3.74. The molecule has 1 saturated heterocycles. The summed E-state index contributed by atoms with van der Waals surface area (Å²) in [5.74, 6) is -0.936. The molecule has 1 fully saturated rings. The highest BCUT2D eigenvalue weighted by molar-refractivity contribution is 7.73. The fourth-order valence-corrected chi connectivity index (χ4v) is 5.22. The van der Waals surface area contributed by atoms with Crippen molar-refractivity contribution in [2.75, 3.05) is 4.90 Å². The summed E-state index contributed by atoms with van der Waals surface area (Å²) in [6.45, 7) is 0. The minimum atomic E-state index is -0.899. The van der Waals surface area contributed by atoms with Gasteiger partial charge in [-0.2, -0.15) is 0 Å². The molecule has 0 aliphatic carbocycles. The van der Waals surface area contributed by atoms with Gasteiger partial charge in [0.2, 0.25) is 11.8 Å². The predicted octanol–water partition coefficient (Wildman–Crippen LogP) is 5.40. The highest BCUT2D eigenvalue weighted by atomic mass is 35.5.